The van der Waals surface area contributed by atoms with E-state index in [-0.39, 0.29) is 5.91 Å². The number of benzene rings is 2. The largest absolute Gasteiger partial charge is 0.497 e. The molecule has 1 heterocycles. The molecule has 28 heavy (non-hydrogen) atoms. The molecule has 0 atom stereocenters. The first-order valence-corrected chi connectivity index (χ1v) is 9.30. The van der Waals surface area contributed by atoms with E-state index in [4.69, 9.17) is 9.47 Å². The Balaban J connectivity index is 1.48. The van der Waals surface area contributed by atoms with Gasteiger partial charge in [0, 0.05) is 24.5 Å². The highest BCUT2D eigenvalue weighted by atomic mass is 16.5. The Hall–Kier alpha value is -3.15. The van der Waals surface area contributed by atoms with Crippen LogP contribution in [0.4, 0.5) is 0 Å². The summed E-state index contributed by atoms with van der Waals surface area (Å²) >= 11 is 0. The molecule has 0 spiro atoms. The number of carbonyl (C=O) groups is 1. The van der Waals surface area contributed by atoms with Crippen molar-refractivity contribution >= 4 is 16.8 Å². The van der Waals surface area contributed by atoms with Gasteiger partial charge in [-0.15, -0.1) is 0 Å². The van der Waals surface area contributed by atoms with E-state index in [1.807, 2.05) is 55.5 Å². The number of aromatic nitrogens is 2. The lowest BCUT2D eigenvalue weighted by molar-refractivity contribution is -0.130. The molecule has 0 radical (unpaired) electrons. The van der Waals surface area contributed by atoms with Crippen molar-refractivity contribution in [2.45, 2.75) is 26.3 Å². The molecule has 0 aliphatic carbocycles. The molecule has 3 rings (SSSR count). The maximum atomic E-state index is 12.4. The summed E-state index contributed by atoms with van der Waals surface area (Å²) in [6.07, 6.45) is 1.06. The summed E-state index contributed by atoms with van der Waals surface area (Å²) in [6, 6.07) is 15.3. The Labute approximate surface area is 165 Å². The van der Waals surface area contributed by atoms with Crippen LogP contribution in [0.1, 0.15) is 24.4 Å². The van der Waals surface area contributed by atoms with Gasteiger partial charge in [-0.1, -0.05) is 18.2 Å². The fourth-order valence-electron chi connectivity index (χ4n) is 2.94. The summed E-state index contributed by atoms with van der Waals surface area (Å²) in [5.41, 5.74) is 1.83. The third-order valence-corrected chi connectivity index (χ3v) is 4.51. The number of carbonyl (C=O) groups excluding carboxylic acids is 1. The van der Waals surface area contributed by atoms with Crippen LogP contribution in [0.5, 0.6) is 11.5 Å². The van der Waals surface area contributed by atoms with Gasteiger partial charge in [0.1, 0.15) is 17.3 Å². The molecule has 3 aromatic rings. The zero-order chi connectivity index (χ0) is 19.9. The first kappa shape index (κ1) is 19.6. The number of nitrogens with zero attached hydrogens (tertiary/aromatic N) is 3. The third-order valence-electron chi connectivity index (χ3n) is 4.51. The van der Waals surface area contributed by atoms with E-state index in [9.17, 15) is 4.79 Å². The van der Waals surface area contributed by atoms with Crippen molar-refractivity contribution in [1.29, 1.82) is 0 Å². The lowest BCUT2D eigenvalue weighted by Gasteiger charge is -2.17. The van der Waals surface area contributed by atoms with Gasteiger partial charge in [0.25, 0.3) is 0 Å². The van der Waals surface area contributed by atoms with Crippen LogP contribution < -0.4 is 9.47 Å². The molecule has 146 valence electrons. The smallest absolute Gasteiger partial charge is 0.222 e. The number of para-hydroxylation sites is 1. The number of fused-ring (bicyclic) bond motifs is 1. The van der Waals surface area contributed by atoms with Gasteiger partial charge < -0.3 is 14.4 Å². The molecule has 0 fully saturated rings. The molecule has 6 nitrogen and oxygen atoms in total. The van der Waals surface area contributed by atoms with Crippen LogP contribution in [0.25, 0.3) is 10.9 Å². The average Bonchev–Trinajstić information content (AvgIpc) is 2.71. The molecule has 0 N–H and O–H groups in total. The summed E-state index contributed by atoms with van der Waals surface area (Å²) in [6.45, 7) is 2.84. The molecule has 2 aromatic carbocycles. The minimum atomic E-state index is 0.0488. The van der Waals surface area contributed by atoms with Crippen molar-refractivity contribution < 1.29 is 14.3 Å². The first-order valence-electron chi connectivity index (χ1n) is 9.30. The number of ether oxygens (including phenoxy) is 2. The van der Waals surface area contributed by atoms with E-state index in [1.54, 1.807) is 19.1 Å². The summed E-state index contributed by atoms with van der Waals surface area (Å²) in [5, 5.41) is 1.04. The van der Waals surface area contributed by atoms with Crippen molar-refractivity contribution in [3.8, 4) is 11.5 Å². The highest BCUT2D eigenvalue weighted by Crippen LogP contribution is 2.18. The molecule has 0 saturated carbocycles. The van der Waals surface area contributed by atoms with E-state index in [0.29, 0.717) is 31.8 Å². The number of hydrogen-bond acceptors (Lipinski definition) is 5. The van der Waals surface area contributed by atoms with Gasteiger partial charge in [-0.25, -0.2) is 9.97 Å². The monoisotopic (exact) mass is 379 g/mol. The number of rotatable bonds is 8. The molecule has 1 amide bonds. The Morgan fingerprint density at radius 1 is 1.04 bits per heavy atom. The van der Waals surface area contributed by atoms with Gasteiger partial charge in [0.05, 0.1) is 25.8 Å². The summed E-state index contributed by atoms with van der Waals surface area (Å²) in [7, 11) is 3.41. The van der Waals surface area contributed by atoms with Crippen molar-refractivity contribution in [3.63, 3.8) is 0 Å². The summed E-state index contributed by atoms with van der Waals surface area (Å²) in [4.78, 5) is 23.2. The van der Waals surface area contributed by atoms with Crippen LogP contribution >= 0.6 is 0 Å². The molecule has 0 bridgehead atoms. The second-order valence-corrected chi connectivity index (χ2v) is 6.62. The highest BCUT2D eigenvalue weighted by Gasteiger charge is 2.12. The van der Waals surface area contributed by atoms with Crippen LogP contribution in [0.15, 0.2) is 48.5 Å². The number of hydrogen-bond donors (Lipinski definition) is 0. The van der Waals surface area contributed by atoms with Crippen LogP contribution in [0.2, 0.25) is 0 Å². The zero-order valence-electron chi connectivity index (χ0n) is 16.5. The lowest BCUT2D eigenvalue weighted by Crippen LogP contribution is -2.27. The Morgan fingerprint density at radius 3 is 2.50 bits per heavy atom. The minimum absolute atomic E-state index is 0.0488. The number of aryl methyl sites for hydroxylation is 1. The molecule has 0 saturated heterocycles. The molecule has 0 aliphatic rings. The third kappa shape index (κ3) is 4.97. The normalized spacial score (nSPS) is 10.7. The number of amides is 1. The van der Waals surface area contributed by atoms with Gasteiger partial charge in [-0.3, -0.25) is 4.79 Å². The van der Waals surface area contributed by atoms with Crippen molar-refractivity contribution in [2.24, 2.45) is 0 Å². The second kappa shape index (κ2) is 9.17. The fourth-order valence-corrected chi connectivity index (χ4v) is 2.94. The van der Waals surface area contributed by atoms with Gasteiger partial charge >= 0.3 is 0 Å². The topological polar surface area (TPSA) is 64.6 Å². The van der Waals surface area contributed by atoms with Gasteiger partial charge in [-0.2, -0.15) is 0 Å². The van der Waals surface area contributed by atoms with Gasteiger partial charge in [-0.05, 0) is 43.7 Å². The minimum Gasteiger partial charge on any atom is -0.497 e. The van der Waals surface area contributed by atoms with E-state index >= 15 is 0 Å². The summed E-state index contributed by atoms with van der Waals surface area (Å²) in [5.74, 6) is 2.26. The summed E-state index contributed by atoms with van der Waals surface area (Å²) < 4.78 is 10.8. The molecular formula is C22H25N3O3. The first-order chi connectivity index (χ1) is 13.6. The molecule has 0 aliphatic heterocycles. The van der Waals surface area contributed by atoms with Crippen molar-refractivity contribution in [3.05, 3.63) is 60.0 Å². The predicted octanol–water partition coefficient (Wildman–Crippen LogP) is 3.76. The molecular weight excluding hydrogens is 354 g/mol. The van der Waals surface area contributed by atoms with E-state index < -0.39 is 0 Å². The van der Waals surface area contributed by atoms with E-state index in [0.717, 1.165) is 28.1 Å². The maximum Gasteiger partial charge on any atom is 0.222 e. The maximum absolute atomic E-state index is 12.4. The second-order valence-electron chi connectivity index (χ2n) is 6.62. The standard InChI is InChI=1S/C22H25N3O3/c1-16-19-7-4-5-8-20(19)24-21(23-16)15-25(2)22(26)9-6-14-28-18-12-10-17(27-3)11-13-18/h4-5,7-8,10-13H,6,9,14-15H2,1-3H3. The highest BCUT2D eigenvalue weighted by molar-refractivity contribution is 5.80. The van der Waals surface area contributed by atoms with E-state index in [1.165, 1.54) is 0 Å². The van der Waals surface area contributed by atoms with Crippen LogP contribution in [-0.4, -0.2) is 41.5 Å². The van der Waals surface area contributed by atoms with Crippen molar-refractivity contribution in [1.82, 2.24) is 14.9 Å². The number of methoxy groups -OCH3 is 1. The zero-order valence-corrected chi connectivity index (χ0v) is 16.5. The fraction of sp³-hybridized carbons (Fsp3) is 0.318. The lowest BCUT2D eigenvalue weighted by atomic mass is 10.2. The van der Waals surface area contributed by atoms with Crippen molar-refractivity contribution in [2.75, 3.05) is 20.8 Å². The van der Waals surface area contributed by atoms with Crippen LogP contribution in [0, 0.1) is 6.92 Å². The van der Waals surface area contributed by atoms with Crippen LogP contribution in [-0.2, 0) is 11.3 Å². The van der Waals surface area contributed by atoms with Gasteiger partial charge in [0.15, 0.2) is 0 Å². The SMILES string of the molecule is COc1ccc(OCCCC(=O)N(C)Cc2nc(C)c3ccccc3n2)cc1. The molecule has 1 aromatic heterocycles. The Morgan fingerprint density at radius 2 is 1.75 bits per heavy atom. The Kier molecular flexibility index (Phi) is 6.42. The average molecular weight is 379 g/mol. The quantitative estimate of drug-likeness (QED) is 0.558. The predicted molar refractivity (Wildman–Crippen MR) is 108 cm³/mol. The van der Waals surface area contributed by atoms with Crippen LogP contribution in [0.3, 0.4) is 0 Å². The molecule has 0 unspecified atom stereocenters. The van der Waals surface area contributed by atoms with E-state index in [2.05, 4.69) is 9.97 Å². The van der Waals surface area contributed by atoms with Gasteiger partial charge in [0.2, 0.25) is 5.91 Å². The molecule has 6 heteroatoms. The Bertz CT molecular complexity index is 941.